The van der Waals surface area contributed by atoms with Crippen molar-refractivity contribution in [2.75, 3.05) is 13.1 Å². The molecule has 4 rings (SSSR count). The first-order valence-corrected chi connectivity index (χ1v) is 9.14. The van der Waals surface area contributed by atoms with E-state index in [4.69, 9.17) is 4.98 Å². The summed E-state index contributed by atoms with van der Waals surface area (Å²) in [5, 5.41) is 0. The number of hydrogen-bond acceptors (Lipinski definition) is 5. The van der Waals surface area contributed by atoms with Crippen LogP contribution in [0, 0.1) is 6.92 Å². The van der Waals surface area contributed by atoms with Gasteiger partial charge >= 0.3 is 0 Å². The highest BCUT2D eigenvalue weighted by Gasteiger charge is 2.23. The van der Waals surface area contributed by atoms with Crippen molar-refractivity contribution in [3.8, 4) is 11.5 Å². The number of imidazole rings is 1. The summed E-state index contributed by atoms with van der Waals surface area (Å²) < 4.78 is 2.00. The molecule has 1 fully saturated rings. The topological polar surface area (TPSA) is 59.7 Å². The van der Waals surface area contributed by atoms with Gasteiger partial charge in [0.2, 0.25) is 0 Å². The van der Waals surface area contributed by atoms with Crippen molar-refractivity contribution in [1.29, 1.82) is 0 Å². The van der Waals surface area contributed by atoms with E-state index in [0.29, 0.717) is 5.92 Å². The molecule has 1 aliphatic rings. The van der Waals surface area contributed by atoms with Gasteiger partial charge in [0.25, 0.3) is 0 Å². The molecule has 0 aliphatic carbocycles. The molecule has 6 heteroatoms. The van der Waals surface area contributed by atoms with Crippen molar-refractivity contribution < 1.29 is 0 Å². The summed E-state index contributed by atoms with van der Waals surface area (Å²) in [6.45, 7) is 5.03. The van der Waals surface area contributed by atoms with Gasteiger partial charge in [0.1, 0.15) is 11.5 Å². The first-order valence-electron chi connectivity index (χ1n) is 9.14. The fourth-order valence-electron chi connectivity index (χ4n) is 3.63. The Balaban J connectivity index is 1.46. The lowest BCUT2D eigenvalue weighted by Gasteiger charge is -2.31. The summed E-state index contributed by atoms with van der Waals surface area (Å²) in [5.74, 6) is 2.19. The Morgan fingerprint density at radius 3 is 2.62 bits per heavy atom. The van der Waals surface area contributed by atoms with E-state index in [2.05, 4.69) is 38.1 Å². The molecule has 3 aromatic rings. The maximum absolute atomic E-state index is 4.73. The van der Waals surface area contributed by atoms with Crippen LogP contribution in [0.2, 0.25) is 0 Å². The van der Waals surface area contributed by atoms with E-state index >= 15 is 0 Å². The van der Waals surface area contributed by atoms with Crippen molar-refractivity contribution in [1.82, 2.24) is 29.4 Å². The van der Waals surface area contributed by atoms with Gasteiger partial charge in [-0.25, -0.2) is 15.0 Å². The largest absolute Gasteiger partial charge is 0.333 e. The van der Waals surface area contributed by atoms with Gasteiger partial charge < -0.3 is 4.57 Å². The van der Waals surface area contributed by atoms with E-state index in [9.17, 15) is 0 Å². The van der Waals surface area contributed by atoms with E-state index in [0.717, 1.165) is 61.2 Å². The van der Waals surface area contributed by atoms with Gasteiger partial charge in [-0.3, -0.25) is 9.88 Å². The average molecular weight is 348 g/mol. The third-order valence-electron chi connectivity index (χ3n) is 5.03. The van der Waals surface area contributed by atoms with Crippen LogP contribution < -0.4 is 0 Å². The normalized spacial score (nSPS) is 16.1. The molecule has 134 valence electrons. The summed E-state index contributed by atoms with van der Waals surface area (Å²) in [5.41, 5.74) is 3.20. The Bertz CT molecular complexity index is 865. The number of aromatic nitrogens is 5. The molecule has 0 N–H and O–H groups in total. The number of piperidine rings is 1. The van der Waals surface area contributed by atoms with Crippen molar-refractivity contribution >= 4 is 0 Å². The number of aryl methyl sites for hydroxylation is 2. The Labute approximate surface area is 154 Å². The van der Waals surface area contributed by atoms with Gasteiger partial charge in [0, 0.05) is 43.8 Å². The van der Waals surface area contributed by atoms with Crippen LogP contribution in [0.25, 0.3) is 11.5 Å². The Morgan fingerprint density at radius 1 is 1.08 bits per heavy atom. The molecule has 0 bridgehead atoms. The summed E-state index contributed by atoms with van der Waals surface area (Å²) >= 11 is 0. The van der Waals surface area contributed by atoms with Crippen LogP contribution in [0.5, 0.6) is 0 Å². The van der Waals surface area contributed by atoms with Crippen molar-refractivity contribution in [3.05, 3.63) is 60.1 Å². The Morgan fingerprint density at radius 2 is 1.92 bits per heavy atom. The maximum atomic E-state index is 4.73. The highest BCUT2D eigenvalue weighted by Crippen LogP contribution is 2.29. The molecule has 0 radical (unpaired) electrons. The van der Waals surface area contributed by atoms with Crippen LogP contribution >= 0.6 is 0 Å². The first kappa shape index (κ1) is 16.8. The highest BCUT2D eigenvalue weighted by atomic mass is 15.1. The minimum atomic E-state index is 0.482. The standard InChI is InChI=1S/C20H24N6/c1-15-23-18(13-19(24-15)20-22-9-12-25(20)2)16-6-10-26(11-7-16)14-17-5-3-4-8-21-17/h3-5,8-9,12-13,16H,6-7,10-11,14H2,1-2H3. The number of nitrogens with zero attached hydrogens (tertiary/aromatic N) is 6. The number of likely N-dealkylation sites (tertiary alicyclic amines) is 1. The molecule has 0 amide bonds. The van der Waals surface area contributed by atoms with E-state index in [-0.39, 0.29) is 0 Å². The molecule has 26 heavy (non-hydrogen) atoms. The second-order valence-corrected chi connectivity index (χ2v) is 6.96. The molecule has 1 saturated heterocycles. The van der Waals surface area contributed by atoms with E-state index in [1.54, 1.807) is 0 Å². The summed E-state index contributed by atoms with van der Waals surface area (Å²) in [6, 6.07) is 8.23. The Hall–Kier alpha value is -2.60. The van der Waals surface area contributed by atoms with Gasteiger partial charge in [-0.05, 0) is 51.1 Å². The molecular formula is C20H24N6. The van der Waals surface area contributed by atoms with Gasteiger partial charge in [-0.1, -0.05) is 6.07 Å². The van der Waals surface area contributed by atoms with Gasteiger partial charge in [-0.15, -0.1) is 0 Å². The van der Waals surface area contributed by atoms with E-state index in [1.807, 2.05) is 43.2 Å². The number of rotatable bonds is 4. The minimum Gasteiger partial charge on any atom is -0.333 e. The van der Waals surface area contributed by atoms with Crippen LogP contribution in [0.4, 0.5) is 0 Å². The van der Waals surface area contributed by atoms with E-state index in [1.165, 1.54) is 0 Å². The lowest BCUT2D eigenvalue weighted by Crippen LogP contribution is -2.33. The SMILES string of the molecule is Cc1nc(-c2nccn2C)cc(C2CCN(Cc3ccccn3)CC2)n1. The quantitative estimate of drug-likeness (QED) is 0.725. The average Bonchev–Trinajstić information content (AvgIpc) is 3.09. The predicted octanol–water partition coefficient (Wildman–Crippen LogP) is 2.96. The molecule has 0 atom stereocenters. The number of pyridine rings is 1. The zero-order valence-electron chi connectivity index (χ0n) is 15.3. The van der Waals surface area contributed by atoms with Gasteiger partial charge in [-0.2, -0.15) is 0 Å². The molecule has 0 spiro atoms. The third kappa shape index (κ3) is 3.65. The maximum Gasteiger partial charge on any atom is 0.158 e. The molecule has 0 unspecified atom stereocenters. The van der Waals surface area contributed by atoms with Gasteiger partial charge in [0.05, 0.1) is 5.69 Å². The van der Waals surface area contributed by atoms with Crippen molar-refractivity contribution in [2.45, 2.75) is 32.2 Å². The second kappa shape index (κ2) is 7.33. The number of hydrogen-bond donors (Lipinski definition) is 0. The Kier molecular flexibility index (Phi) is 4.75. The smallest absolute Gasteiger partial charge is 0.158 e. The zero-order chi connectivity index (χ0) is 17.9. The molecule has 4 heterocycles. The fraction of sp³-hybridized carbons (Fsp3) is 0.400. The van der Waals surface area contributed by atoms with Crippen LogP contribution in [0.15, 0.2) is 42.9 Å². The zero-order valence-corrected chi connectivity index (χ0v) is 15.3. The van der Waals surface area contributed by atoms with Crippen LogP contribution in [-0.2, 0) is 13.6 Å². The third-order valence-corrected chi connectivity index (χ3v) is 5.03. The fourth-order valence-corrected chi connectivity index (χ4v) is 3.63. The van der Waals surface area contributed by atoms with Crippen molar-refractivity contribution in [2.24, 2.45) is 7.05 Å². The van der Waals surface area contributed by atoms with Crippen molar-refractivity contribution in [3.63, 3.8) is 0 Å². The van der Waals surface area contributed by atoms with Gasteiger partial charge in [0.15, 0.2) is 5.82 Å². The monoisotopic (exact) mass is 348 g/mol. The molecule has 1 aliphatic heterocycles. The minimum absolute atomic E-state index is 0.482. The van der Waals surface area contributed by atoms with Crippen LogP contribution in [0.1, 0.15) is 36.0 Å². The molecule has 6 nitrogen and oxygen atoms in total. The molecule has 3 aromatic heterocycles. The second-order valence-electron chi connectivity index (χ2n) is 6.96. The summed E-state index contributed by atoms with van der Waals surface area (Å²) in [4.78, 5) is 20.7. The predicted molar refractivity (Wildman–Crippen MR) is 100 cm³/mol. The molecule has 0 saturated carbocycles. The van der Waals surface area contributed by atoms with E-state index < -0.39 is 0 Å². The summed E-state index contributed by atoms with van der Waals surface area (Å²) in [7, 11) is 2.00. The molecular weight excluding hydrogens is 324 g/mol. The van der Waals surface area contributed by atoms with Crippen LogP contribution in [-0.4, -0.2) is 42.5 Å². The lowest BCUT2D eigenvalue weighted by molar-refractivity contribution is 0.201. The first-order chi connectivity index (χ1) is 12.7. The lowest BCUT2D eigenvalue weighted by atomic mass is 9.92. The highest BCUT2D eigenvalue weighted by molar-refractivity contribution is 5.50. The molecule has 0 aromatic carbocycles. The van der Waals surface area contributed by atoms with Crippen LogP contribution in [0.3, 0.4) is 0 Å². The summed E-state index contributed by atoms with van der Waals surface area (Å²) in [6.07, 6.45) is 7.85.